The van der Waals surface area contributed by atoms with Gasteiger partial charge in [-0.15, -0.1) is 0 Å². The van der Waals surface area contributed by atoms with E-state index in [0.29, 0.717) is 12.2 Å². The fraction of sp³-hybridized carbons (Fsp3) is 0.350. The molecule has 2 heterocycles. The lowest BCUT2D eigenvalue weighted by atomic mass is 10.0. The van der Waals surface area contributed by atoms with E-state index in [0.717, 1.165) is 30.2 Å². The van der Waals surface area contributed by atoms with E-state index in [-0.39, 0.29) is 23.3 Å². The Morgan fingerprint density at radius 2 is 1.81 bits per heavy atom. The van der Waals surface area contributed by atoms with Crippen molar-refractivity contribution in [1.82, 2.24) is 9.78 Å². The maximum atomic E-state index is 14.8. The first-order valence-corrected chi connectivity index (χ1v) is 8.83. The second kappa shape index (κ2) is 7.15. The number of aromatic nitrogens is 2. The van der Waals surface area contributed by atoms with E-state index in [1.54, 1.807) is 29.1 Å². The summed E-state index contributed by atoms with van der Waals surface area (Å²) in [7, 11) is 2.66. The molecule has 0 aliphatic carbocycles. The second-order valence-corrected chi connectivity index (χ2v) is 6.47. The molecule has 27 heavy (non-hydrogen) atoms. The first kappa shape index (κ1) is 17.7. The summed E-state index contributed by atoms with van der Waals surface area (Å²) in [6.45, 7) is 0.683. The number of halogens is 2. The molecule has 0 N–H and O–H groups in total. The van der Waals surface area contributed by atoms with Crippen LogP contribution in [0, 0.1) is 11.6 Å². The molecule has 5 nitrogen and oxygen atoms in total. The SMILES string of the molecule is COc1cc(OC)c(F)c(-c2ccc3cnn(C4CCCCO4)c3c2)c1F. The van der Waals surface area contributed by atoms with Gasteiger partial charge in [-0.3, -0.25) is 0 Å². The Balaban J connectivity index is 1.87. The van der Waals surface area contributed by atoms with Crippen LogP contribution in [0.2, 0.25) is 0 Å². The largest absolute Gasteiger partial charge is 0.494 e. The van der Waals surface area contributed by atoms with Gasteiger partial charge in [0, 0.05) is 18.1 Å². The van der Waals surface area contributed by atoms with Gasteiger partial charge in [-0.25, -0.2) is 13.5 Å². The fourth-order valence-electron chi connectivity index (χ4n) is 3.48. The zero-order valence-corrected chi connectivity index (χ0v) is 15.2. The molecule has 0 saturated carbocycles. The molecule has 0 spiro atoms. The van der Waals surface area contributed by atoms with Gasteiger partial charge in [0.2, 0.25) is 0 Å². The molecule has 1 saturated heterocycles. The molecule has 3 aromatic rings. The van der Waals surface area contributed by atoms with Crippen molar-refractivity contribution in [2.24, 2.45) is 0 Å². The summed E-state index contributed by atoms with van der Waals surface area (Å²) in [5.74, 6) is -1.69. The second-order valence-electron chi connectivity index (χ2n) is 6.47. The highest BCUT2D eigenvalue weighted by atomic mass is 19.1. The van der Waals surface area contributed by atoms with Crippen molar-refractivity contribution >= 4 is 10.9 Å². The van der Waals surface area contributed by atoms with Crippen molar-refractivity contribution in [1.29, 1.82) is 0 Å². The number of hydrogen-bond acceptors (Lipinski definition) is 4. The zero-order chi connectivity index (χ0) is 19.0. The Labute approximate surface area is 155 Å². The molecule has 1 fully saturated rings. The average Bonchev–Trinajstić information content (AvgIpc) is 3.12. The third-order valence-corrected chi connectivity index (χ3v) is 4.89. The van der Waals surface area contributed by atoms with Gasteiger partial charge in [-0.1, -0.05) is 12.1 Å². The van der Waals surface area contributed by atoms with Crippen LogP contribution in [0.15, 0.2) is 30.5 Å². The van der Waals surface area contributed by atoms with Gasteiger partial charge < -0.3 is 14.2 Å². The normalized spacial score (nSPS) is 17.3. The fourth-order valence-corrected chi connectivity index (χ4v) is 3.48. The van der Waals surface area contributed by atoms with Crippen LogP contribution >= 0.6 is 0 Å². The highest BCUT2D eigenvalue weighted by Gasteiger charge is 2.23. The van der Waals surface area contributed by atoms with E-state index in [1.165, 1.54) is 20.3 Å². The number of hydrogen-bond donors (Lipinski definition) is 0. The van der Waals surface area contributed by atoms with Gasteiger partial charge in [-0.2, -0.15) is 5.10 Å². The number of fused-ring (bicyclic) bond motifs is 1. The maximum absolute atomic E-state index is 14.8. The van der Waals surface area contributed by atoms with Crippen molar-refractivity contribution in [2.75, 3.05) is 20.8 Å². The Bertz CT molecular complexity index is 953. The minimum absolute atomic E-state index is 0.0764. The van der Waals surface area contributed by atoms with Crippen molar-refractivity contribution < 1.29 is 23.0 Å². The molecule has 7 heteroatoms. The molecule has 1 atom stereocenters. The smallest absolute Gasteiger partial charge is 0.176 e. The van der Waals surface area contributed by atoms with Crippen molar-refractivity contribution in [3.8, 4) is 22.6 Å². The van der Waals surface area contributed by atoms with Gasteiger partial charge in [0.25, 0.3) is 0 Å². The summed E-state index contributed by atoms with van der Waals surface area (Å²) >= 11 is 0. The predicted octanol–water partition coefficient (Wildman–Crippen LogP) is 4.70. The number of benzene rings is 2. The maximum Gasteiger partial charge on any atom is 0.176 e. The Kier molecular flexibility index (Phi) is 4.70. The lowest BCUT2D eigenvalue weighted by Gasteiger charge is -2.23. The molecule has 2 aromatic carbocycles. The number of rotatable bonds is 4. The highest BCUT2D eigenvalue weighted by Crippen LogP contribution is 2.39. The van der Waals surface area contributed by atoms with Crippen LogP contribution in [0.4, 0.5) is 8.78 Å². The van der Waals surface area contributed by atoms with E-state index in [2.05, 4.69) is 5.10 Å². The molecule has 1 aliphatic heterocycles. The quantitative estimate of drug-likeness (QED) is 0.664. The third-order valence-electron chi connectivity index (χ3n) is 4.89. The lowest BCUT2D eigenvalue weighted by Crippen LogP contribution is -2.18. The molecule has 0 radical (unpaired) electrons. The Morgan fingerprint density at radius 1 is 1.07 bits per heavy atom. The molecular formula is C20H20F2N2O3. The Morgan fingerprint density at radius 3 is 2.44 bits per heavy atom. The summed E-state index contributed by atoms with van der Waals surface area (Å²) in [5, 5.41) is 5.30. The van der Waals surface area contributed by atoms with E-state index in [1.807, 2.05) is 0 Å². The van der Waals surface area contributed by atoms with Crippen LogP contribution in [0.5, 0.6) is 11.5 Å². The molecule has 1 aromatic heterocycles. The van der Waals surface area contributed by atoms with E-state index in [4.69, 9.17) is 14.2 Å². The van der Waals surface area contributed by atoms with E-state index in [9.17, 15) is 8.78 Å². The number of ether oxygens (including phenoxy) is 3. The minimum Gasteiger partial charge on any atom is -0.494 e. The van der Waals surface area contributed by atoms with Crippen LogP contribution in [-0.4, -0.2) is 30.6 Å². The van der Waals surface area contributed by atoms with Crippen LogP contribution in [0.25, 0.3) is 22.0 Å². The summed E-state index contributed by atoms with van der Waals surface area (Å²) in [4.78, 5) is 0. The average molecular weight is 374 g/mol. The van der Waals surface area contributed by atoms with E-state index < -0.39 is 11.6 Å². The molecule has 142 valence electrons. The first-order valence-electron chi connectivity index (χ1n) is 8.83. The summed E-state index contributed by atoms with van der Waals surface area (Å²) in [6.07, 6.45) is 4.51. The Hall–Kier alpha value is -2.67. The van der Waals surface area contributed by atoms with Crippen LogP contribution in [0.1, 0.15) is 25.5 Å². The van der Waals surface area contributed by atoms with Gasteiger partial charge in [0.1, 0.15) is 0 Å². The predicted molar refractivity (Wildman–Crippen MR) is 97.0 cm³/mol. The van der Waals surface area contributed by atoms with Crippen molar-refractivity contribution in [3.63, 3.8) is 0 Å². The molecular weight excluding hydrogens is 354 g/mol. The summed E-state index contributed by atoms with van der Waals surface area (Å²) in [6, 6.07) is 6.38. The van der Waals surface area contributed by atoms with Gasteiger partial charge in [-0.05, 0) is 30.9 Å². The molecule has 0 bridgehead atoms. The summed E-state index contributed by atoms with van der Waals surface area (Å²) in [5.41, 5.74) is 0.956. The van der Waals surface area contributed by atoms with Crippen molar-refractivity contribution in [2.45, 2.75) is 25.5 Å². The molecule has 1 unspecified atom stereocenters. The molecule has 0 amide bonds. The monoisotopic (exact) mass is 374 g/mol. The first-order chi connectivity index (χ1) is 13.1. The minimum atomic E-state index is -0.768. The van der Waals surface area contributed by atoms with Gasteiger partial charge in [0.05, 0.1) is 31.5 Å². The number of nitrogens with zero attached hydrogens (tertiary/aromatic N) is 2. The van der Waals surface area contributed by atoms with Gasteiger partial charge >= 0.3 is 0 Å². The summed E-state index contributed by atoms with van der Waals surface area (Å²) < 4.78 is 47.4. The van der Waals surface area contributed by atoms with Gasteiger partial charge in [0.15, 0.2) is 29.4 Å². The van der Waals surface area contributed by atoms with Crippen LogP contribution in [-0.2, 0) is 4.74 Å². The number of methoxy groups -OCH3 is 2. The molecule has 1 aliphatic rings. The van der Waals surface area contributed by atoms with Crippen LogP contribution in [0.3, 0.4) is 0 Å². The van der Waals surface area contributed by atoms with E-state index >= 15 is 0 Å². The topological polar surface area (TPSA) is 45.5 Å². The molecule has 4 rings (SSSR count). The van der Waals surface area contributed by atoms with Crippen LogP contribution < -0.4 is 9.47 Å². The highest BCUT2D eigenvalue weighted by molar-refractivity contribution is 5.85. The lowest BCUT2D eigenvalue weighted by molar-refractivity contribution is -0.0366. The third kappa shape index (κ3) is 3.02. The standard InChI is InChI=1S/C20H20F2N2O3/c1-25-15-10-16(26-2)20(22)18(19(15)21)12-6-7-13-11-23-24(14(13)9-12)17-5-3-4-8-27-17/h6-7,9-11,17H,3-5,8H2,1-2H3. The zero-order valence-electron chi connectivity index (χ0n) is 15.2. The van der Waals surface area contributed by atoms with Crippen molar-refractivity contribution in [3.05, 3.63) is 42.1 Å².